The van der Waals surface area contributed by atoms with Crippen molar-refractivity contribution in [2.24, 2.45) is 23.2 Å². The van der Waals surface area contributed by atoms with Crippen LogP contribution >= 0.6 is 0 Å². The van der Waals surface area contributed by atoms with Crippen LogP contribution in [0.1, 0.15) is 64.2 Å². The van der Waals surface area contributed by atoms with Crippen molar-refractivity contribution in [3.63, 3.8) is 0 Å². The number of hydrogen-bond acceptors (Lipinski definition) is 4. The van der Waals surface area contributed by atoms with E-state index in [-0.39, 0.29) is 0 Å². The second-order valence-corrected chi connectivity index (χ2v) is 15.0. The first-order valence-corrected chi connectivity index (χ1v) is 16.3. The van der Waals surface area contributed by atoms with Gasteiger partial charge in [0.05, 0.1) is 10.6 Å². The average Bonchev–Trinajstić information content (AvgIpc) is 3.47. The molecule has 0 N–H and O–H groups in total. The van der Waals surface area contributed by atoms with Crippen molar-refractivity contribution in [1.82, 2.24) is 9.80 Å². The third kappa shape index (κ3) is 4.13. The number of likely N-dealkylation sites (tertiary alicyclic amines) is 1. The molecule has 0 radical (unpaired) electrons. The van der Waals surface area contributed by atoms with Gasteiger partial charge < -0.3 is 4.90 Å². The van der Waals surface area contributed by atoms with Crippen LogP contribution in [0.4, 0.5) is 5.69 Å². The number of rotatable bonds is 9. The SMILES string of the molecule is CN(CCCCN1c2cccc3cccc(c23)S1(=O)=O)C[C@H](N1CCCC1)C12CC3CC(CC(C3)C1)C2. The van der Waals surface area contributed by atoms with Gasteiger partial charge in [0.25, 0.3) is 10.0 Å². The van der Waals surface area contributed by atoms with Crippen LogP contribution in [0.15, 0.2) is 41.3 Å². The summed E-state index contributed by atoms with van der Waals surface area (Å²) in [6, 6.07) is 12.3. The topological polar surface area (TPSA) is 43.9 Å². The fraction of sp³-hybridized carbons (Fsp3) is 0.677. The quantitative estimate of drug-likeness (QED) is 0.395. The molecule has 4 aliphatic carbocycles. The van der Waals surface area contributed by atoms with Crippen molar-refractivity contribution >= 4 is 26.5 Å². The molecule has 2 aliphatic heterocycles. The highest BCUT2D eigenvalue weighted by Crippen LogP contribution is 2.62. The first kappa shape index (κ1) is 24.4. The fourth-order valence-electron chi connectivity index (χ4n) is 9.56. The number of likely N-dealkylation sites (N-methyl/N-ethyl adjacent to an activating group) is 1. The Kier molecular flexibility index (Phi) is 6.09. The molecule has 8 rings (SSSR count). The maximum Gasteiger partial charge on any atom is 0.265 e. The lowest BCUT2D eigenvalue weighted by molar-refractivity contribution is -0.103. The Hall–Kier alpha value is -1.63. The Bertz CT molecular complexity index is 1230. The van der Waals surface area contributed by atoms with Gasteiger partial charge in [0.15, 0.2) is 0 Å². The van der Waals surface area contributed by atoms with E-state index in [2.05, 4.69) is 16.8 Å². The first-order valence-electron chi connectivity index (χ1n) is 14.9. The second kappa shape index (κ2) is 9.24. The van der Waals surface area contributed by atoms with E-state index in [0.717, 1.165) is 53.6 Å². The molecule has 37 heavy (non-hydrogen) atoms. The maximum atomic E-state index is 13.3. The molecule has 0 unspecified atom stereocenters. The first-order chi connectivity index (χ1) is 17.9. The molecule has 6 aliphatic rings. The number of unbranched alkanes of at least 4 members (excludes halogenated alkanes) is 1. The van der Waals surface area contributed by atoms with Crippen molar-refractivity contribution in [1.29, 1.82) is 0 Å². The Morgan fingerprint density at radius 1 is 0.946 bits per heavy atom. The summed E-state index contributed by atoms with van der Waals surface area (Å²) in [5, 5.41) is 1.91. The molecule has 6 heteroatoms. The predicted molar refractivity (Wildman–Crippen MR) is 150 cm³/mol. The van der Waals surface area contributed by atoms with Gasteiger partial charge in [-0.05, 0) is 132 Å². The van der Waals surface area contributed by atoms with Crippen molar-refractivity contribution in [3.8, 4) is 0 Å². The van der Waals surface area contributed by atoms with Crippen LogP contribution in [0.2, 0.25) is 0 Å². The van der Waals surface area contributed by atoms with Crippen molar-refractivity contribution in [3.05, 3.63) is 36.4 Å². The van der Waals surface area contributed by atoms with Gasteiger partial charge in [0.2, 0.25) is 0 Å². The second-order valence-electron chi connectivity index (χ2n) is 13.2. The number of nitrogens with zero attached hydrogens (tertiary/aromatic N) is 3. The van der Waals surface area contributed by atoms with E-state index in [0.29, 0.717) is 22.9 Å². The van der Waals surface area contributed by atoms with Gasteiger partial charge in [-0.2, -0.15) is 0 Å². The third-order valence-electron chi connectivity index (χ3n) is 10.7. The molecule has 4 saturated carbocycles. The van der Waals surface area contributed by atoms with Crippen molar-refractivity contribution in [2.75, 3.05) is 44.1 Å². The van der Waals surface area contributed by atoms with E-state index >= 15 is 0 Å². The monoisotopic (exact) mass is 521 g/mol. The van der Waals surface area contributed by atoms with E-state index in [1.165, 1.54) is 71.0 Å². The maximum absolute atomic E-state index is 13.3. The fourth-order valence-corrected chi connectivity index (χ4v) is 11.3. The highest BCUT2D eigenvalue weighted by Gasteiger charge is 2.55. The summed E-state index contributed by atoms with van der Waals surface area (Å²) in [4.78, 5) is 5.93. The molecular weight excluding hydrogens is 478 g/mol. The molecule has 2 heterocycles. The smallest absolute Gasteiger partial charge is 0.265 e. The molecule has 0 aromatic heterocycles. The molecular formula is C31H43N3O2S. The molecule has 200 valence electrons. The molecule has 5 nitrogen and oxygen atoms in total. The lowest BCUT2D eigenvalue weighted by atomic mass is 9.47. The molecule has 0 amide bonds. The number of anilines is 1. The lowest BCUT2D eigenvalue weighted by Crippen LogP contribution is -2.59. The Morgan fingerprint density at radius 3 is 2.27 bits per heavy atom. The summed E-state index contributed by atoms with van der Waals surface area (Å²) in [6.07, 6.45) is 13.6. The minimum absolute atomic E-state index is 0.474. The van der Waals surface area contributed by atoms with Gasteiger partial charge in [-0.3, -0.25) is 9.21 Å². The minimum Gasteiger partial charge on any atom is -0.305 e. The van der Waals surface area contributed by atoms with Crippen molar-refractivity contribution in [2.45, 2.75) is 75.1 Å². The minimum atomic E-state index is -3.44. The van der Waals surface area contributed by atoms with Crippen LogP contribution in [0, 0.1) is 23.2 Å². The molecule has 2 aromatic rings. The Labute approximate surface area is 223 Å². The van der Waals surface area contributed by atoms with Crippen LogP contribution in [0.3, 0.4) is 0 Å². The predicted octanol–water partition coefficient (Wildman–Crippen LogP) is 5.74. The zero-order valence-corrected chi connectivity index (χ0v) is 23.3. The normalized spacial score (nSPS) is 32.7. The van der Waals surface area contributed by atoms with E-state index < -0.39 is 10.0 Å². The molecule has 2 aromatic carbocycles. The highest BCUT2D eigenvalue weighted by atomic mass is 32.2. The average molecular weight is 522 g/mol. The van der Waals surface area contributed by atoms with Crippen LogP contribution in [0.5, 0.6) is 0 Å². The van der Waals surface area contributed by atoms with Gasteiger partial charge >= 0.3 is 0 Å². The highest BCUT2D eigenvalue weighted by molar-refractivity contribution is 7.93. The van der Waals surface area contributed by atoms with E-state index in [1.54, 1.807) is 10.4 Å². The molecule has 1 atom stereocenters. The van der Waals surface area contributed by atoms with Crippen molar-refractivity contribution < 1.29 is 8.42 Å². The van der Waals surface area contributed by atoms with Gasteiger partial charge in [-0.25, -0.2) is 8.42 Å². The zero-order chi connectivity index (χ0) is 25.2. The summed E-state index contributed by atoms with van der Waals surface area (Å²) >= 11 is 0. The van der Waals surface area contributed by atoms with Gasteiger partial charge in [0, 0.05) is 24.5 Å². The number of benzene rings is 2. The summed E-state index contributed by atoms with van der Waals surface area (Å²) in [5.41, 5.74) is 1.42. The summed E-state index contributed by atoms with van der Waals surface area (Å²) < 4.78 is 28.3. The lowest BCUT2D eigenvalue weighted by Gasteiger charge is -2.61. The zero-order valence-electron chi connectivity index (χ0n) is 22.4. The van der Waals surface area contributed by atoms with Crippen LogP contribution in [-0.4, -0.2) is 64.0 Å². The Balaban J connectivity index is 0.999. The molecule has 4 bridgehead atoms. The van der Waals surface area contributed by atoms with E-state index in [1.807, 2.05) is 30.3 Å². The third-order valence-corrected chi connectivity index (χ3v) is 12.5. The summed E-state index contributed by atoms with van der Waals surface area (Å²) in [5.74, 6) is 2.99. The molecule has 1 saturated heterocycles. The van der Waals surface area contributed by atoms with Gasteiger partial charge in [-0.1, -0.05) is 24.3 Å². The van der Waals surface area contributed by atoms with Crippen LogP contribution in [-0.2, 0) is 10.0 Å². The summed E-state index contributed by atoms with van der Waals surface area (Å²) in [6.45, 7) is 5.37. The van der Waals surface area contributed by atoms with E-state index in [9.17, 15) is 8.42 Å². The largest absolute Gasteiger partial charge is 0.305 e. The molecule has 5 fully saturated rings. The summed E-state index contributed by atoms with van der Waals surface area (Å²) in [7, 11) is -1.13. The van der Waals surface area contributed by atoms with Crippen LogP contribution < -0.4 is 4.31 Å². The molecule has 0 spiro atoms. The van der Waals surface area contributed by atoms with Gasteiger partial charge in [-0.15, -0.1) is 0 Å². The standard InChI is InChI=1S/C31H43N3O2S/c1-32(12-2-5-15-34-27-10-6-8-26-9-7-11-28(30(26)27)37(34,35)36)22-29(33-13-3-4-14-33)31-19-23-16-24(20-31)18-25(17-23)21-31/h6-11,23-25,29H,2-5,12-22H2,1H3/t23?,24?,25?,29-,31?/m0/s1. The number of sulfonamides is 1. The number of hydrogen-bond donors (Lipinski definition) is 0. The van der Waals surface area contributed by atoms with Crippen LogP contribution in [0.25, 0.3) is 10.8 Å². The van der Waals surface area contributed by atoms with E-state index in [4.69, 9.17) is 0 Å². The van der Waals surface area contributed by atoms with Gasteiger partial charge in [0.1, 0.15) is 0 Å². The Morgan fingerprint density at radius 2 is 1.59 bits per heavy atom.